The third-order valence-corrected chi connectivity index (χ3v) is 4.28. The van der Waals surface area contributed by atoms with Crippen LogP contribution in [0.4, 0.5) is 0 Å². The van der Waals surface area contributed by atoms with Gasteiger partial charge in [0.05, 0.1) is 6.54 Å². The molecule has 0 atom stereocenters. The highest BCUT2D eigenvalue weighted by atomic mass is 127. The van der Waals surface area contributed by atoms with E-state index in [9.17, 15) is 0 Å². The van der Waals surface area contributed by atoms with Crippen molar-refractivity contribution in [3.63, 3.8) is 0 Å². The van der Waals surface area contributed by atoms with Crippen LogP contribution in [0.15, 0.2) is 28.0 Å². The van der Waals surface area contributed by atoms with Crippen LogP contribution in [0.2, 0.25) is 0 Å². The summed E-state index contributed by atoms with van der Waals surface area (Å²) in [5.41, 5.74) is 1.31. The summed E-state index contributed by atoms with van der Waals surface area (Å²) in [6.45, 7) is 3.65. The molecule has 7 heteroatoms. The minimum absolute atomic E-state index is 0. The molecule has 0 aliphatic carbocycles. The second-order valence-electron chi connectivity index (χ2n) is 4.25. The molecule has 0 saturated heterocycles. The van der Waals surface area contributed by atoms with Crippen LogP contribution in [0.5, 0.6) is 0 Å². The molecule has 0 radical (unpaired) electrons. The fourth-order valence-corrected chi connectivity index (χ4v) is 3.14. The molecular weight excluding hydrogens is 403 g/mol. The van der Waals surface area contributed by atoms with Crippen molar-refractivity contribution in [2.75, 3.05) is 14.1 Å². The molecule has 2 heterocycles. The Kier molecular flexibility index (Phi) is 7.46. The summed E-state index contributed by atoms with van der Waals surface area (Å²) in [6.07, 6.45) is 1.90. The predicted octanol–water partition coefficient (Wildman–Crippen LogP) is 3.34. The minimum Gasteiger partial charge on any atom is -0.350 e. The van der Waals surface area contributed by atoms with Crippen molar-refractivity contribution in [3.8, 4) is 0 Å². The fraction of sp³-hybridized carbons (Fsp3) is 0.385. The molecule has 0 bridgehead atoms. The average molecular weight is 422 g/mol. The summed E-state index contributed by atoms with van der Waals surface area (Å²) in [7, 11) is 3.85. The number of aryl methyl sites for hydroxylation is 1. The van der Waals surface area contributed by atoms with E-state index < -0.39 is 0 Å². The maximum Gasteiger partial charge on any atom is 0.194 e. The Hall–Kier alpha value is -0.670. The van der Waals surface area contributed by atoms with Crippen LogP contribution in [0.1, 0.15) is 15.4 Å². The van der Waals surface area contributed by atoms with Gasteiger partial charge in [-0.3, -0.25) is 4.99 Å². The maximum absolute atomic E-state index is 4.34. The van der Waals surface area contributed by atoms with Gasteiger partial charge in [0.1, 0.15) is 5.01 Å². The van der Waals surface area contributed by atoms with E-state index in [0.29, 0.717) is 0 Å². The number of thiazole rings is 1. The highest BCUT2D eigenvalue weighted by Gasteiger charge is 2.07. The lowest BCUT2D eigenvalue weighted by Gasteiger charge is -2.21. The summed E-state index contributed by atoms with van der Waals surface area (Å²) in [5, 5.41) is 8.68. The number of hydrogen-bond acceptors (Lipinski definition) is 4. The van der Waals surface area contributed by atoms with Gasteiger partial charge in [0, 0.05) is 31.7 Å². The van der Waals surface area contributed by atoms with E-state index in [1.807, 2.05) is 13.2 Å². The molecule has 110 valence electrons. The van der Waals surface area contributed by atoms with Crippen molar-refractivity contribution in [2.24, 2.45) is 4.99 Å². The molecule has 20 heavy (non-hydrogen) atoms. The van der Waals surface area contributed by atoms with Crippen molar-refractivity contribution in [2.45, 2.75) is 20.0 Å². The van der Waals surface area contributed by atoms with Gasteiger partial charge < -0.3 is 10.2 Å². The standard InChI is InChI=1S/C13H18N4S2.HI/c1-10-6-15-12(19-10)7-16-13(14-2)17(3)8-11-4-5-18-9-11;/h4-6,9H,7-8H2,1-3H3,(H,14,16);1H. The Bertz CT molecular complexity index is 536. The Morgan fingerprint density at radius 1 is 1.50 bits per heavy atom. The highest BCUT2D eigenvalue weighted by molar-refractivity contribution is 14.0. The largest absolute Gasteiger partial charge is 0.350 e. The second kappa shape index (κ2) is 8.58. The number of aliphatic imine (C=N–C) groups is 1. The summed E-state index contributed by atoms with van der Waals surface area (Å²) >= 11 is 3.43. The number of guanidine groups is 1. The van der Waals surface area contributed by atoms with Gasteiger partial charge in [0.15, 0.2) is 5.96 Å². The van der Waals surface area contributed by atoms with Crippen molar-refractivity contribution in [3.05, 3.63) is 38.5 Å². The number of thiophene rings is 1. The molecule has 0 aliphatic rings. The van der Waals surface area contributed by atoms with Crippen LogP contribution >= 0.6 is 46.7 Å². The third kappa shape index (κ3) is 5.02. The van der Waals surface area contributed by atoms with Gasteiger partial charge in [0.25, 0.3) is 0 Å². The summed E-state index contributed by atoms with van der Waals surface area (Å²) < 4.78 is 0. The van der Waals surface area contributed by atoms with Crippen LogP contribution in [0.3, 0.4) is 0 Å². The quantitative estimate of drug-likeness (QED) is 0.467. The maximum atomic E-state index is 4.34. The van der Waals surface area contributed by atoms with Gasteiger partial charge in [0.2, 0.25) is 0 Å². The van der Waals surface area contributed by atoms with Gasteiger partial charge in [-0.2, -0.15) is 11.3 Å². The van der Waals surface area contributed by atoms with Crippen LogP contribution in [-0.4, -0.2) is 29.9 Å². The van der Waals surface area contributed by atoms with Gasteiger partial charge in [-0.1, -0.05) is 0 Å². The number of hydrogen-bond donors (Lipinski definition) is 1. The van der Waals surface area contributed by atoms with Crippen molar-refractivity contribution in [1.82, 2.24) is 15.2 Å². The lowest BCUT2D eigenvalue weighted by atomic mass is 10.3. The topological polar surface area (TPSA) is 40.5 Å². The predicted molar refractivity (Wildman–Crippen MR) is 98.3 cm³/mol. The van der Waals surface area contributed by atoms with E-state index in [4.69, 9.17) is 0 Å². The zero-order chi connectivity index (χ0) is 13.7. The third-order valence-electron chi connectivity index (χ3n) is 2.64. The van der Waals surface area contributed by atoms with Crippen LogP contribution in [0, 0.1) is 6.92 Å². The molecule has 4 nitrogen and oxygen atoms in total. The Morgan fingerprint density at radius 3 is 2.85 bits per heavy atom. The summed E-state index contributed by atoms with van der Waals surface area (Å²) in [5.74, 6) is 0.888. The molecule has 0 unspecified atom stereocenters. The number of aromatic nitrogens is 1. The van der Waals surface area contributed by atoms with Gasteiger partial charge in [-0.15, -0.1) is 35.3 Å². The first-order chi connectivity index (χ1) is 9.19. The molecule has 0 aliphatic heterocycles. The van der Waals surface area contributed by atoms with E-state index in [2.05, 4.69) is 43.9 Å². The van der Waals surface area contributed by atoms with Crippen molar-refractivity contribution >= 4 is 52.6 Å². The number of nitrogens with zero attached hydrogens (tertiary/aromatic N) is 3. The lowest BCUT2D eigenvalue weighted by Crippen LogP contribution is -2.37. The zero-order valence-corrected chi connectivity index (χ0v) is 15.8. The average Bonchev–Trinajstić information content (AvgIpc) is 3.02. The summed E-state index contributed by atoms with van der Waals surface area (Å²) in [4.78, 5) is 12.0. The first-order valence-corrected chi connectivity index (χ1v) is 7.79. The Morgan fingerprint density at radius 2 is 2.30 bits per heavy atom. The van der Waals surface area contributed by atoms with E-state index >= 15 is 0 Å². The van der Waals surface area contributed by atoms with Crippen LogP contribution < -0.4 is 5.32 Å². The van der Waals surface area contributed by atoms with E-state index in [1.165, 1.54) is 10.4 Å². The molecule has 0 saturated carbocycles. The first-order valence-electron chi connectivity index (χ1n) is 6.03. The normalized spacial score (nSPS) is 11.1. The molecule has 0 aromatic carbocycles. The molecule has 0 fully saturated rings. The SMILES string of the molecule is CN=C(NCc1ncc(C)s1)N(C)Cc1ccsc1.I. The van der Waals surface area contributed by atoms with Crippen molar-refractivity contribution < 1.29 is 0 Å². The van der Waals surface area contributed by atoms with E-state index in [-0.39, 0.29) is 24.0 Å². The number of halogens is 1. The molecule has 2 rings (SSSR count). The molecule has 0 spiro atoms. The zero-order valence-electron chi connectivity index (χ0n) is 11.8. The smallest absolute Gasteiger partial charge is 0.194 e. The summed E-state index contributed by atoms with van der Waals surface area (Å²) in [6, 6.07) is 2.14. The fourth-order valence-electron chi connectivity index (χ4n) is 1.75. The number of nitrogens with one attached hydrogen (secondary N) is 1. The number of rotatable bonds is 4. The molecule has 2 aromatic rings. The van der Waals surface area contributed by atoms with Crippen LogP contribution in [0.25, 0.3) is 0 Å². The highest BCUT2D eigenvalue weighted by Crippen LogP contribution is 2.11. The van der Waals surface area contributed by atoms with Crippen molar-refractivity contribution in [1.29, 1.82) is 0 Å². The Balaban J connectivity index is 0.00000200. The first kappa shape index (κ1) is 17.4. The van der Waals surface area contributed by atoms with E-state index in [1.54, 1.807) is 29.7 Å². The minimum atomic E-state index is 0. The van der Waals surface area contributed by atoms with Gasteiger partial charge >= 0.3 is 0 Å². The molecule has 0 amide bonds. The molecular formula is C13H19IN4S2. The van der Waals surface area contributed by atoms with E-state index in [0.717, 1.165) is 24.1 Å². The van der Waals surface area contributed by atoms with Gasteiger partial charge in [-0.05, 0) is 29.3 Å². The lowest BCUT2D eigenvalue weighted by molar-refractivity contribution is 0.477. The molecule has 1 N–H and O–H groups in total. The monoisotopic (exact) mass is 422 g/mol. The van der Waals surface area contributed by atoms with Crippen LogP contribution in [-0.2, 0) is 13.1 Å². The second-order valence-corrected chi connectivity index (χ2v) is 6.35. The molecule has 2 aromatic heterocycles. The van der Waals surface area contributed by atoms with Gasteiger partial charge in [-0.25, -0.2) is 4.98 Å². The Labute approximate surface area is 145 Å².